The SMILES string of the molecule is Cc1ccc(CNCC(C)(O)CN(C)C)c(Cl)c1. The van der Waals surface area contributed by atoms with Crippen LogP contribution in [0.4, 0.5) is 0 Å². The molecule has 1 aromatic carbocycles. The number of nitrogens with one attached hydrogen (secondary N) is 1. The fourth-order valence-corrected chi connectivity index (χ4v) is 2.30. The number of aliphatic hydroxyl groups is 1. The van der Waals surface area contributed by atoms with E-state index < -0.39 is 5.60 Å². The molecule has 0 aliphatic heterocycles. The molecule has 1 rings (SSSR count). The van der Waals surface area contributed by atoms with Gasteiger partial charge in [-0.05, 0) is 45.1 Å². The van der Waals surface area contributed by atoms with Crippen LogP contribution in [-0.4, -0.2) is 42.8 Å². The molecule has 1 atom stereocenters. The van der Waals surface area contributed by atoms with Crippen LogP contribution in [0.5, 0.6) is 0 Å². The van der Waals surface area contributed by atoms with Crippen LogP contribution < -0.4 is 5.32 Å². The average Bonchev–Trinajstić information content (AvgIpc) is 2.19. The van der Waals surface area contributed by atoms with E-state index in [9.17, 15) is 5.11 Å². The first-order valence-electron chi connectivity index (χ1n) is 6.13. The summed E-state index contributed by atoms with van der Waals surface area (Å²) in [5.74, 6) is 0. The second-order valence-corrected chi connectivity index (χ2v) is 5.84. The highest BCUT2D eigenvalue weighted by molar-refractivity contribution is 6.31. The van der Waals surface area contributed by atoms with Crippen LogP contribution in [0.1, 0.15) is 18.1 Å². The Morgan fingerprint density at radius 3 is 2.61 bits per heavy atom. The molecule has 0 aliphatic rings. The van der Waals surface area contributed by atoms with Gasteiger partial charge in [-0.1, -0.05) is 23.7 Å². The highest BCUT2D eigenvalue weighted by Crippen LogP contribution is 2.17. The summed E-state index contributed by atoms with van der Waals surface area (Å²) in [4.78, 5) is 1.97. The summed E-state index contributed by atoms with van der Waals surface area (Å²) in [6, 6.07) is 6.02. The number of halogens is 1. The van der Waals surface area contributed by atoms with Gasteiger partial charge >= 0.3 is 0 Å². The van der Waals surface area contributed by atoms with E-state index in [1.54, 1.807) is 0 Å². The van der Waals surface area contributed by atoms with Crippen LogP contribution in [0.2, 0.25) is 5.02 Å². The molecule has 0 aromatic heterocycles. The molecule has 0 radical (unpaired) electrons. The average molecular weight is 271 g/mol. The Balaban J connectivity index is 2.46. The smallest absolute Gasteiger partial charge is 0.0869 e. The highest BCUT2D eigenvalue weighted by Gasteiger charge is 2.20. The lowest BCUT2D eigenvalue weighted by Gasteiger charge is -2.27. The molecule has 0 saturated carbocycles. The Morgan fingerprint density at radius 2 is 2.06 bits per heavy atom. The van der Waals surface area contributed by atoms with Crippen LogP contribution in [0.15, 0.2) is 18.2 Å². The summed E-state index contributed by atoms with van der Waals surface area (Å²) in [7, 11) is 3.90. The molecular formula is C14H23ClN2O. The third-order valence-corrected chi connectivity index (χ3v) is 3.04. The third-order valence-electron chi connectivity index (χ3n) is 2.69. The molecule has 0 heterocycles. The van der Waals surface area contributed by atoms with Gasteiger partial charge in [0, 0.05) is 24.7 Å². The van der Waals surface area contributed by atoms with Crippen molar-refractivity contribution in [2.45, 2.75) is 26.0 Å². The number of hydrogen-bond acceptors (Lipinski definition) is 3. The Morgan fingerprint density at radius 1 is 1.39 bits per heavy atom. The molecule has 0 fully saturated rings. The maximum atomic E-state index is 10.1. The first kappa shape index (κ1) is 15.4. The van der Waals surface area contributed by atoms with Gasteiger partial charge in [0.05, 0.1) is 5.60 Å². The standard InChI is InChI=1S/C14H23ClN2O/c1-11-5-6-12(13(15)7-11)8-16-9-14(2,18)10-17(3)4/h5-7,16,18H,8-10H2,1-4H3. The van der Waals surface area contributed by atoms with Gasteiger partial charge < -0.3 is 15.3 Å². The minimum absolute atomic E-state index is 0.537. The van der Waals surface area contributed by atoms with Crippen molar-refractivity contribution in [2.24, 2.45) is 0 Å². The fraction of sp³-hybridized carbons (Fsp3) is 0.571. The van der Waals surface area contributed by atoms with Gasteiger partial charge in [0.15, 0.2) is 0 Å². The zero-order chi connectivity index (χ0) is 13.8. The van der Waals surface area contributed by atoms with Crippen molar-refractivity contribution < 1.29 is 5.11 Å². The molecule has 18 heavy (non-hydrogen) atoms. The number of rotatable bonds is 6. The van der Waals surface area contributed by atoms with Crippen molar-refractivity contribution in [2.75, 3.05) is 27.2 Å². The number of benzene rings is 1. The minimum atomic E-state index is -0.735. The molecule has 2 N–H and O–H groups in total. The van der Waals surface area contributed by atoms with Crippen molar-refractivity contribution in [1.82, 2.24) is 10.2 Å². The topological polar surface area (TPSA) is 35.5 Å². The number of hydrogen-bond donors (Lipinski definition) is 2. The number of likely N-dealkylation sites (N-methyl/N-ethyl adjacent to an activating group) is 1. The largest absolute Gasteiger partial charge is 0.388 e. The molecule has 0 amide bonds. The Labute approximate surface area is 115 Å². The normalized spacial score (nSPS) is 14.8. The zero-order valence-corrected chi connectivity index (χ0v) is 12.4. The summed E-state index contributed by atoms with van der Waals surface area (Å²) in [6.07, 6.45) is 0. The second-order valence-electron chi connectivity index (χ2n) is 5.43. The van der Waals surface area contributed by atoms with Crippen LogP contribution in [-0.2, 0) is 6.54 Å². The van der Waals surface area contributed by atoms with Crippen molar-refractivity contribution >= 4 is 11.6 Å². The molecule has 0 aliphatic carbocycles. The van der Waals surface area contributed by atoms with Gasteiger partial charge in [0.1, 0.15) is 0 Å². The van der Waals surface area contributed by atoms with Crippen molar-refractivity contribution in [1.29, 1.82) is 0 Å². The summed E-state index contributed by atoms with van der Waals surface area (Å²) in [5.41, 5.74) is 1.48. The van der Waals surface area contributed by atoms with E-state index in [2.05, 4.69) is 5.32 Å². The molecular weight excluding hydrogens is 248 g/mol. The van der Waals surface area contributed by atoms with Gasteiger partial charge in [0.2, 0.25) is 0 Å². The lowest BCUT2D eigenvalue weighted by atomic mass is 10.1. The first-order valence-corrected chi connectivity index (χ1v) is 6.51. The van der Waals surface area contributed by atoms with E-state index in [-0.39, 0.29) is 0 Å². The maximum Gasteiger partial charge on any atom is 0.0869 e. The molecule has 0 saturated heterocycles. The van der Waals surface area contributed by atoms with Gasteiger partial charge in [-0.2, -0.15) is 0 Å². The monoisotopic (exact) mass is 270 g/mol. The van der Waals surface area contributed by atoms with Crippen molar-refractivity contribution in [3.05, 3.63) is 34.3 Å². The summed E-state index contributed by atoms with van der Waals surface area (Å²) < 4.78 is 0. The van der Waals surface area contributed by atoms with E-state index in [0.29, 0.717) is 19.6 Å². The van der Waals surface area contributed by atoms with E-state index in [4.69, 9.17) is 11.6 Å². The minimum Gasteiger partial charge on any atom is -0.388 e. The lowest BCUT2D eigenvalue weighted by Crippen LogP contribution is -2.45. The van der Waals surface area contributed by atoms with E-state index in [1.807, 2.05) is 51.0 Å². The summed E-state index contributed by atoms with van der Waals surface area (Å²) >= 11 is 6.15. The quantitative estimate of drug-likeness (QED) is 0.831. The van der Waals surface area contributed by atoms with Crippen molar-refractivity contribution in [3.63, 3.8) is 0 Å². The predicted octanol–water partition coefficient (Wildman–Crippen LogP) is 2.05. The molecule has 1 aromatic rings. The van der Waals surface area contributed by atoms with E-state index >= 15 is 0 Å². The summed E-state index contributed by atoms with van der Waals surface area (Å²) in [6.45, 7) is 5.68. The van der Waals surface area contributed by atoms with Gasteiger partial charge in [-0.3, -0.25) is 0 Å². The fourth-order valence-electron chi connectivity index (χ4n) is 2.00. The molecule has 4 heteroatoms. The Bertz CT molecular complexity index is 391. The van der Waals surface area contributed by atoms with Gasteiger partial charge in [-0.15, -0.1) is 0 Å². The van der Waals surface area contributed by atoms with Gasteiger partial charge in [0.25, 0.3) is 0 Å². The first-order chi connectivity index (χ1) is 8.30. The van der Waals surface area contributed by atoms with Gasteiger partial charge in [-0.25, -0.2) is 0 Å². The third kappa shape index (κ3) is 5.36. The zero-order valence-electron chi connectivity index (χ0n) is 11.6. The lowest BCUT2D eigenvalue weighted by molar-refractivity contribution is 0.0336. The molecule has 3 nitrogen and oxygen atoms in total. The van der Waals surface area contributed by atoms with Crippen LogP contribution in [0, 0.1) is 6.92 Å². The number of aryl methyl sites for hydroxylation is 1. The highest BCUT2D eigenvalue weighted by atomic mass is 35.5. The molecule has 1 unspecified atom stereocenters. The molecule has 0 spiro atoms. The number of nitrogens with zero attached hydrogens (tertiary/aromatic N) is 1. The van der Waals surface area contributed by atoms with Crippen LogP contribution in [0.25, 0.3) is 0 Å². The van der Waals surface area contributed by atoms with E-state index in [1.165, 1.54) is 0 Å². The predicted molar refractivity (Wildman–Crippen MR) is 77.1 cm³/mol. The maximum absolute atomic E-state index is 10.1. The molecule has 102 valence electrons. The second kappa shape index (κ2) is 6.53. The van der Waals surface area contributed by atoms with Crippen LogP contribution in [0.3, 0.4) is 0 Å². The van der Waals surface area contributed by atoms with Crippen molar-refractivity contribution in [3.8, 4) is 0 Å². The molecule has 0 bridgehead atoms. The van der Waals surface area contributed by atoms with E-state index in [0.717, 1.165) is 16.1 Å². The van der Waals surface area contributed by atoms with Crippen LogP contribution >= 0.6 is 11.6 Å². The Kier molecular flexibility index (Phi) is 5.60. The summed E-state index contributed by atoms with van der Waals surface area (Å²) in [5, 5.41) is 14.2. The Hall–Kier alpha value is -0.610.